The molecule has 1 aromatic heterocycles. The molecule has 0 radical (unpaired) electrons. The molecule has 0 saturated heterocycles. The molecule has 20 heavy (non-hydrogen) atoms. The van der Waals surface area contributed by atoms with E-state index in [-0.39, 0.29) is 30.9 Å². The maximum Gasteiger partial charge on any atom is 0.313 e. The van der Waals surface area contributed by atoms with Gasteiger partial charge >= 0.3 is 5.97 Å². The van der Waals surface area contributed by atoms with E-state index < -0.39 is 5.97 Å². The number of ketones is 1. The molecular weight excluding hydrogens is 258 g/mol. The number of nitrogens with zero attached hydrogens (tertiary/aromatic N) is 1. The lowest BCUT2D eigenvalue weighted by atomic mass is 10.2. The van der Waals surface area contributed by atoms with Crippen molar-refractivity contribution in [3.8, 4) is 0 Å². The molecule has 5 nitrogen and oxygen atoms in total. The van der Waals surface area contributed by atoms with Crippen LogP contribution in [0.3, 0.4) is 0 Å². The maximum atomic E-state index is 11.9. The van der Waals surface area contributed by atoms with Crippen LogP contribution in [0.15, 0.2) is 41.2 Å². The first-order chi connectivity index (χ1) is 9.61. The van der Waals surface area contributed by atoms with Crippen LogP contribution in [0, 0.1) is 0 Å². The summed E-state index contributed by atoms with van der Waals surface area (Å²) in [5.41, 5.74) is 0.415. The summed E-state index contributed by atoms with van der Waals surface area (Å²) in [6, 6.07) is 10.4. The summed E-state index contributed by atoms with van der Waals surface area (Å²) in [4.78, 5) is 35.0. The molecule has 1 aromatic carbocycles. The molecule has 0 unspecified atom stereocenters. The van der Waals surface area contributed by atoms with Crippen LogP contribution in [0.4, 0.5) is 0 Å². The third-order valence-corrected chi connectivity index (χ3v) is 2.88. The molecule has 0 aliphatic heterocycles. The van der Waals surface area contributed by atoms with Gasteiger partial charge in [-0.15, -0.1) is 0 Å². The van der Waals surface area contributed by atoms with Gasteiger partial charge in [-0.2, -0.15) is 0 Å². The molecular formula is C15H15NO4. The molecule has 1 heterocycles. The fourth-order valence-electron chi connectivity index (χ4n) is 2.01. The third-order valence-electron chi connectivity index (χ3n) is 2.88. The lowest BCUT2D eigenvalue weighted by molar-refractivity contribution is -0.145. The van der Waals surface area contributed by atoms with Gasteiger partial charge in [0, 0.05) is 6.07 Å². The number of fused-ring (bicyclic) bond motifs is 1. The van der Waals surface area contributed by atoms with E-state index in [1.165, 1.54) is 10.6 Å². The Kier molecular flexibility index (Phi) is 4.30. The average Bonchev–Trinajstić information content (AvgIpc) is 2.42. The van der Waals surface area contributed by atoms with Crippen molar-refractivity contribution in [3.63, 3.8) is 0 Å². The minimum Gasteiger partial charge on any atom is -0.466 e. The summed E-state index contributed by atoms with van der Waals surface area (Å²) in [5.74, 6) is -0.910. The van der Waals surface area contributed by atoms with Crippen LogP contribution in [0.2, 0.25) is 0 Å². The molecule has 5 heteroatoms. The second kappa shape index (κ2) is 6.14. The van der Waals surface area contributed by atoms with Crippen molar-refractivity contribution >= 4 is 22.7 Å². The molecule has 0 aliphatic rings. The first-order valence-electron chi connectivity index (χ1n) is 6.37. The van der Waals surface area contributed by atoms with Crippen molar-refractivity contribution in [3.05, 3.63) is 46.8 Å². The summed E-state index contributed by atoms with van der Waals surface area (Å²) in [6.07, 6.45) is -0.316. The van der Waals surface area contributed by atoms with Crippen molar-refractivity contribution < 1.29 is 14.3 Å². The summed E-state index contributed by atoms with van der Waals surface area (Å²) in [5, 5.41) is 0.871. The van der Waals surface area contributed by atoms with Crippen LogP contribution < -0.4 is 5.56 Å². The number of hydrogen-bond donors (Lipinski definition) is 0. The highest BCUT2D eigenvalue weighted by Gasteiger charge is 2.13. The molecule has 0 spiro atoms. The van der Waals surface area contributed by atoms with E-state index in [1.807, 2.05) is 12.1 Å². The highest BCUT2D eigenvalue weighted by Crippen LogP contribution is 2.11. The molecule has 0 bridgehead atoms. The highest BCUT2D eigenvalue weighted by molar-refractivity contribution is 5.96. The monoisotopic (exact) mass is 273 g/mol. The van der Waals surface area contributed by atoms with Gasteiger partial charge in [-0.3, -0.25) is 14.4 Å². The summed E-state index contributed by atoms with van der Waals surface area (Å²) in [6.45, 7) is 1.79. The Morgan fingerprint density at radius 1 is 1.15 bits per heavy atom. The summed E-state index contributed by atoms with van der Waals surface area (Å²) in [7, 11) is 0. The van der Waals surface area contributed by atoms with Crippen molar-refractivity contribution in [2.75, 3.05) is 6.61 Å². The SMILES string of the molecule is CCOC(=O)CC(=O)Cn1c(=O)ccc2ccccc21. The Balaban J connectivity index is 2.25. The van der Waals surface area contributed by atoms with Gasteiger partial charge in [0.2, 0.25) is 0 Å². The van der Waals surface area contributed by atoms with Gasteiger partial charge in [-0.05, 0) is 24.4 Å². The second-order valence-electron chi connectivity index (χ2n) is 4.34. The number of carbonyl (C=O) groups is 2. The lowest BCUT2D eigenvalue weighted by Gasteiger charge is -2.09. The first-order valence-corrected chi connectivity index (χ1v) is 6.37. The third kappa shape index (κ3) is 3.12. The zero-order valence-electron chi connectivity index (χ0n) is 11.2. The molecule has 0 saturated carbocycles. The Morgan fingerprint density at radius 3 is 2.65 bits per heavy atom. The molecule has 0 N–H and O–H groups in total. The normalized spacial score (nSPS) is 10.4. The number of pyridine rings is 1. The van der Waals surface area contributed by atoms with E-state index >= 15 is 0 Å². The number of aromatic nitrogens is 1. The Morgan fingerprint density at radius 2 is 1.90 bits per heavy atom. The van der Waals surface area contributed by atoms with Gasteiger partial charge < -0.3 is 9.30 Å². The van der Waals surface area contributed by atoms with Crippen molar-refractivity contribution in [1.82, 2.24) is 4.57 Å². The van der Waals surface area contributed by atoms with Gasteiger partial charge in [0.15, 0.2) is 5.78 Å². The molecule has 0 atom stereocenters. The van der Waals surface area contributed by atoms with Crippen molar-refractivity contribution in [2.45, 2.75) is 19.9 Å². The number of carbonyl (C=O) groups excluding carboxylic acids is 2. The van der Waals surface area contributed by atoms with Crippen LogP contribution in [0.1, 0.15) is 13.3 Å². The number of para-hydroxylation sites is 1. The molecule has 0 aliphatic carbocycles. The lowest BCUT2D eigenvalue weighted by Crippen LogP contribution is -2.25. The van der Waals surface area contributed by atoms with Crippen LogP contribution in [-0.2, 0) is 20.9 Å². The van der Waals surface area contributed by atoms with Crippen molar-refractivity contribution in [1.29, 1.82) is 0 Å². The maximum absolute atomic E-state index is 11.9. The Labute approximate surface area is 115 Å². The van der Waals surface area contributed by atoms with Gasteiger partial charge in [0.1, 0.15) is 6.42 Å². The van der Waals surface area contributed by atoms with E-state index in [0.29, 0.717) is 5.52 Å². The van der Waals surface area contributed by atoms with Crippen LogP contribution in [0.5, 0.6) is 0 Å². The number of benzene rings is 1. The predicted molar refractivity (Wildman–Crippen MR) is 74.5 cm³/mol. The smallest absolute Gasteiger partial charge is 0.313 e. The molecule has 0 fully saturated rings. The van der Waals surface area contributed by atoms with Crippen LogP contribution in [-0.4, -0.2) is 22.9 Å². The number of ether oxygens (including phenoxy) is 1. The van der Waals surface area contributed by atoms with Gasteiger partial charge in [-0.1, -0.05) is 18.2 Å². The minimum atomic E-state index is -0.564. The predicted octanol–water partition coefficient (Wildman–Crippen LogP) is 1.52. The molecule has 2 rings (SSSR count). The number of Topliss-reactive ketones (excluding diaryl/α,β-unsaturated/α-hetero) is 1. The number of esters is 1. The Bertz CT molecular complexity index is 702. The van der Waals surface area contributed by atoms with Crippen LogP contribution in [0.25, 0.3) is 10.9 Å². The average molecular weight is 273 g/mol. The molecule has 0 amide bonds. The topological polar surface area (TPSA) is 65.4 Å². The molecule has 104 valence electrons. The highest BCUT2D eigenvalue weighted by atomic mass is 16.5. The van der Waals surface area contributed by atoms with E-state index in [0.717, 1.165) is 5.39 Å². The zero-order chi connectivity index (χ0) is 14.5. The van der Waals surface area contributed by atoms with E-state index in [1.54, 1.807) is 25.1 Å². The van der Waals surface area contributed by atoms with Crippen molar-refractivity contribution in [2.24, 2.45) is 0 Å². The quantitative estimate of drug-likeness (QED) is 0.612. The number of hydrogen-bond acceptors (Lipinski definition) is 4. The van der Waals surface area contributed by atoms with Crippen LogP contribution >= 0.6 is 0 Å². The first kappa shape index (κ1) is 14.0. The van der Waals surface area contributed by atoms with E-state index in [2.05, 4.69) is 0 Å². The van der Waals surface area contributed by atoms with E-state index in [4.69, 9.17) is 4.74 Å². The zero-order valence-corrected chi connectivity index (χ0v) is 11.2. The van der Waals surface area contributed by atoms with Gasteiger partial charge in [0.05, 0.1) is 18.7 Å². The van der Waals surface area contributed by atoms with Gasteiger partial charge in [-0.25, -0.2) is 0 Å². The minimum absolute atomic E-state index is 0.126. The fraction of sp³-hybridized carbons (Fsp3) is 0.267. The Hall–Kier alpha value is -2.43. The fourth-order valence-corrected chi connectivity index (χ4v) is 2.01. The largest absolute Gasteiger partial charge is 0.466 e. The summed E-state index contributed by atoms with van der Waals surface area (Å²) >= 11 is 0. The number of rotatable bonds is 5. The van der Waals surface area contributed by atoms with E-state index in [9.17, 15) is 14.4 Å². The standard InChI is InChI=1S/C15H15NO4/c1-2-20-15(19)9-12(17)10-16-13-6-4-3-5-11(13)7-8-14(16)18/h3-8H,2,9-10H2,1H3. The summed E-state index contributed by atoms with van der Waals surface area (Å²) < 4.78 is 6.09. The molecule has 2 aromatic rings. The van der Waals surface area contributed by atoms with Gasteiger partial charge in [0.25, 0.3) is 5.56 Å². The second-order valence-corrected chi connectivity index (χ2v) is 4.34.